The maximum Gasteiger partial charge on any atom is 0.337 e. The number of pyridine rings is 1. The standard InChI is InChI=1S/C14H11Cl2N3O3/c1-22-13-10(15)4-8(5-11(13)16)6-18-19-12-3-2-9(7-17-12)14(20)21/h2-7H,1H3,(H,17,19)(H,20,21)/b18-6+. The predicted molar refractivity (Wildman–Crippen MR) is 85.4 cm³/mol. The minimum Gasteiger partial charge on any atom is -0.494 e. The molecule has 0 amide bonds. The number of methoxy groups -OCH3 is 1. The lowest BCUT2D eigenvalue weighted by Crippen LogP contribution is -1.99. The fourth-order valence-corrected chi connectivity index (χ4v) is 2.27. The number of hydrogen-bond donors (Lipinski definition) is 2. The van der Waals surface area contributed by atoms with Gasteiger partial charge in [0.25, 0.3) is 0 Å². The molecule has 0 radical (unpaired) electrons. The normalized spacial score (nSPS) is 10.7. The highest BCUT2D eigenvalue weighted by atomic mass is 35.5. The molecule has 0 saturated carbocycles. The maximum absolute atomic E-state index is 10.7. The van der Waals surface area contributed by atoms with Gasteiger partial charge in [-0.05, 0) is 29.8 Å². The highest BCUT2D eigenvalue weighted by molar-refractivity contribution is 6.37. The topological polar surface area (TPSA) is 83.8 Å². The number of rotatable bonds is 5. The summed E-state index contributed by atoms with van der Waals surface area (Å²) in [6.07, 6.45) is 2.74. The van der Waals surface area contributed by atoms with Gasteiger partial charge in [0, 0.05) is 6.20 Å². The second-order valence-electron chi connectivity index (χ2n) is 4.13. The molecule has 0 unspecified atom stereocenters. The Bertz CT molecular complexity index is 695. The highest BCUT2D eigenvalue weighted by Gasteiger charge is 2.07. The van der Waals surface area contributed by atoms with Gasteiger partial charge in [-0.3, -0.25) is 5.43 Å². The van der Waals surface area contributed by atoms with E-state index in [1.807, 2.05) is 0 Å². The zero-order valence-corrected chi connectivity index (χ0v) is 12.9. The van der Waals surface area contributed by atoms with E-state index in [0.29, 0.717) is 27.2 Å². The first-order chi connectivity index (χ1) is 10.5. The van der Waals surface area contributed by atoms with E-state index in [4.69, 9.17) is 33.0 Å². The van der Waals surface area contributed by atoms with Crippen molar-refractivity contribution in [3.63, 3.8) is 0 Å². The number of carbonyl (C=O) groups is 1. The molecule has 0 aliphatic carbocycles. The van der Waals surface area contributed by atoms with Crippen LogP contribution in [0.1, 0.15) is 15.9 Å². The Morgan fingerprint density at radius 1 is 1.36 bits per heavy atom. The number of hydrazone groups is 1. The van der Waals surface area contributed by atoms with Crippen LogP contribution in [0.15, 0.2) is 35.6 Å². The third kappa shape index (κ3) is 3.87. The van der Waals surface area contributed by atoms with Crippen molar-refractivity contribution >= 4 is 41.2 Å². The van der Waals surface area contributed by atoms with Crippen molar-refractivity contribution in [3.8, 4) is 5.75 Å². The number of halogens is 2. The lowest BCUT2D eigenvalue weighted by atomic mass is 10.2. The number of benzene rings is 1. The number of aromatic nitrogens is 1. The summed E-state index contributed by atoms with van der Waals surface area (Å²) in [7, 11) is 1.48. The van der Waals surface area contributed by atoms with E-state index in [1.54, 1.807) is 12.1 Å². The first-order valence-corrected chi connectivity index (χ1v) is 6.78. The third-order valence-electron chi connectivity index (χ3n) is 2.63. The number of ether oxygens (including phenoxy) is 1. The van der Waals surface area contributed by atoms with Crippen molar-refractivity contribution in [2.45, 2.75) is 0 Å². The zero-order chi connectivity index (χ0) is 16.1. The van der Waals surface area contributed by atoms with Crippen LogP contribution in [0.4, 0.5) is 5.82 Å². The number of anilines is 1. The number of aromatic carboxylic acids is 1. The molecule has 1 aromatic carbocycles. The molecule has 2 N–H and O–H groups in total. The molecule has 0 spiro atoms. The van der Waals surface area contributed by atoms with Gasteiger partial charge in [-0.2, -0.15) is 5.10 Å². The van der Waals surface area contributed by atoms with Crippen LogP contribution in [0.2, 0.25) is 10.0 Å². The Morgan fingerprint density at radius 2 is 2.05 bits per heavy atom. The molecule has 22 heavy (non-hydrogen) atoms. The Balaban J connectivity index is 2.08. The highest BCUT2D eigenvalue weighted by Crippen LogP contribution is 2.33. The van der Waals surface area contributed by atoms with E-state index in [2.05, 4.69) is 15.5 Å². The van der Waals surface area contributed by atoms with Gasteiger partial charge in [0.2, 0.25) is 0 Å². The van der Waals surface area contributed by atoms with Crippen LogP contribution in [-0.2, 0) is 0 Å². The van der Waals surface area contributed by atoms with Crippen LogP contribution < -0.4 is 10.2 Å². The lowest BCUT2D eigenvalue weighted by molar-refractivity contribution is 0.0696. The molecule has 8 heteroatoms. The first-order valence-electron chi connectivity index (χ1n) is 6.02. The van der Waals surface area contributed by atoms with Gasteiger partial charge in [-0.15, -0.1) is 0 Å². The number of carboxylic acids is 1. The first kappa shape index (κ1) is 16.1. The van der Waals surface area contributed by atoms with Crippen LogP contribution >= 0.6 is 23.2 Å². The third-order valence-corrected chi connectivity index (χ3v) is 3.19. The number of nitrogens with one attached hydrogen (secondary N) is 1. The average Bonchev–Trinajstić information content (AvgIpc) is 2.47. The molecule has 0 bridgehead atoms. The molecule has 2 aromatic rings. The molecule has 1 heterocycles. The van der Waals surface area contributed by atoms with Gasteiger partial charge in [0.05, 0.1) is 28.9 Å². The Morgan fingerprint density at radius 3 is 2.55 bits per heavy atom. The van der Waals surface area contributed by atoms with Crippen LogP contribution in [0.25, 0.3) is 0 Å². The SMILES string of the molecule is COc1c(Cl)cc(/C=N/Nc2ccc(C(=O)O)cn2)cc1Cl. The summed E-state index contributed by atoms with van der Waals surface area (Å²) in [5.41, 5.74) is 3.45. The van der Waals surface area contributed by atoms with Gasteiger partial charge in [0.1, 0.15) is 5.82 Å². The van der Waals surface area contributed by atoms with E-state index in [-0.39, 0.29) is 5.56 Å². The molecule has 2 rings (SSSR count). The molecule has 0 aliphatic rings. The summed E-state index contributed by atoms with van der Waals surface area (Å²) >= 11 is 12.0. The summed E-state index contributed by atoms with van der Waals surface area (Å²) in [5, 5.41) is 13.5. The number of nitrogens with zero attached hydrogens (tertiary/aromatic N) is 2. The lowest BCUT2D eigenvalue weighted by Gasteiger charge is -2.06. The predicted octanol–water partition coefficient (Wildman–Crippen LogP) is 3.54. The monoisotopic (exact) mass is 339 g/mol. The molecule has 6 nitrogen and oxygen atoms in total. The van der Waals surface area contributed by atoms with Crippen LogP contribution in [0.3, 0.4) is 0 Å². The average molecular weight is 340 g/mol. The van der Waals surface area contributed by atoms with Gasteiger partial charge >= 0.3 is 5.97 Å². The molecule has 114 valence electrons. The van der Waals surface area contributed by atoms with Crippen molar-refractivity contribution < 1.29 is 14.6 Å². The maximum atomic E-state index is 10.7. The van der Waals surface area contributed by atoms with Gasteiger partial charge in [-0.1, -0.05) is 23.2 Å². The summed E-state index contributed by atoms with van der Waals surface area (Å²) < 4.78 is 5.05. The van der Waals surface area contributed by atoms with Crippen molar-refractivity contribution in [3.05, 3.63) is 51.6 Å². The summed E-state index contributed by atoms with van der Waals surface area (Å²) in [5.74, 6) is -0.226. The molecule has 0 fully saturated rings. The van der Waals surface area contributed by atoms with Crippen molar-refractivity contribution in [2.24, 2.45) is 5.10 Å². The van der Waals surface area contributed by atoms with Crippen molar-refractivity contribution in [1.82, 2.24) is 4.98 Å². The molecule has 1 aromatic heterocycles. The quantitative estimate of drug-likeness (QED) is 0.642. The summed E-state index contributed by atoms with van der Waals surface area (Å²) in [6.45, 7) is 0. The van der Waals surface area contributed by atoms with Crippen LogP contribution in [0, 0.1) is 0 Å². The smallest absolute Gasteiger partial charge is 0.337 e. The van der Waals surface area contributed by atoms with E-state index >= 15 is 0 Å². The zero-order valence-electron chi connectivity index (χ0n) is 11.4. The molecule has 0 atom stereocenters. The molecule has 0 saturated heterocycles. The van der Waals surface area contributed by atoms with E-state index in [0.717, 1.165) is 0 Å². The Labute approximate surface area is 136 Å². The Kier molecular flexibility index (Phi) is 5.19. The molecular formula is C14H11Cl2N3O3. The molecule has 0 aliphatic heterocycles. The number of hydrogen-bond acceptors (Lipinski definition) is 5. The minimum atomic E-state index is -1.04. The van der Waals surface area contributed by atoms with Crippen molar-refractivity contribution in [2.75, 3.05) is 12.5 Å². The van der Waals surface area contributed by atoms with Crippen molar-refractivity contribution in [1.29, 1.82) is 0 Å². The Hall–Kier alpha value is -2.31. The van der Waals surface area contributed by atoms with Gasteiger partial charge in [-0.25, -0.2) is 9.78 Å². The van der Waals surface area contributed by atoms with Gasteiger partial charge in [0.15, 0.2) is 5.75 Å². The molecular weight excluding hydrogens is 329 g/mol. The summed E-state index contributed by atoms with van der Waals surface area (Å²) in [4.78, 5) is 14.6. The van der Waals surface area contributed by atoms with E-state index < -0.39 is 5.97 Å². The van der Waals surface area contributed by atoms with E-state index in [9.17, 15) is 4.79 Å². The van der Waals surface area contributed by atoms with Crippen LogP contribution in [-0.4, -0.2) is 29.4 Å². The fraction of sp³-hybridized carbons (Fsp3) is 0.0714. The number of carboxylic acid groups (broad SMARTS) is 1. The summed E-state index contributed by atoms with van der Waals surface area (Å²) in [6, 6.07) is 6.24. The van der Waals surface area contributed by atoms with Gasteiger partial charge < -0.3 is 9.84 Å². The van der Waals surface area contributed by atoms with Crippen LogP contribution in [0.5, 0.6) is 5.75 Å². The second-order valence-corrected chi connectivity index (χ2v) is 4.94. The minimum absolute atomic E-state index is 0.100. The largest absolute Gasteiger partial charge is 0.494 e. The second kappa shape index (κ2) is 7.11. The fourth-order valence-electron chi connectivity index (χ4n) is 1.61. The van der Waals surface area contributed by atoms with E-state index in [1.165, 1.54) is 31.7 Å².